The van der Waals surface area contributed by atoms with Crippen molar-refractivity contribution in [3.63, 3.8) is 0 Å². The predicted molar refractivity (Wildman–Crippen MR) is 158 cm³/mol. The number of aromatic nitrogens is 3. The largest absolute Gasteiger partial charge is 0.507 e. The molecular weight excluding hydrogens is 484 g/mol. The molecule has 1 aromatic carbocycles. The molecule has 36 heavy (non-hydrogen) atoms. The van der Waals surface area contributed by atoms with E-state index in [0.717, 1.165) is 40.2 Å². The summed E-state index contributed by atoms with van der Waals surface area (Å²) in [5.41, 5.74) is 8.00. The summed E-state index contributed by atoms with van der Waals surface area (Å²) in [6, 6.07) is 3.63. The van der Waals surface area contributed by atoms with Crippen LogP contribution < -0.4 is 5.73 Å². The van der Waals surface area contributed by atoms with E-state index in [1.807, 2.05) is 6.07 Å². The molecule has 0 bridgehead atoms. The molecule has 2 aromatic rings. The maximum Gasteiger partial charge on any atom is 0.192 e. The van der Waals surface area contributed by atoms with Gasteiger partial charge in [0.25, 0.3) is 0 Å². The first-order chi connectivity index (χ1) is 17.3. The predicted octanol–water partition coefficient (Wildman–Crippen LogP) is 9.03. The summed E-state index contributed by atoms with van der Waals surface area (Å²) in [4.78, 5) is 14.3. The Labute approximate surface area is 228 Å². The quantitative estimate of drug-likeness (QED) is 0.0909. The second-order valence-electron chi connectivity index (χ2n) is 10.7. The molecule has 0 unspecified atom stereocenters. The lowest BCUT2D eigenvalue weighted by molar-refractivity contribution is 0.448. The van der Waals surface area contributed by atoms with Crippen molar-refractivity contribution in [3.8, 4) is 17.1 Å². The number of thioether (sulfide) groups is 2. The number of phenolic OH excluding ortho intramolecular Hbond substituents is 1. The first-order valence-electron chi connectivity index (χ1n) is 13.9. The molecule has 2 rings (SSSR count). The van der Waals surface area contributed by atoms with Gasteiger partial charge in [0.1, 0.15) is 5.75 Å². The zero-order valence-corrected chi connectivity index (χ0v) is 24.9. The van der Waals surface area contributed by atoms with Gasteiger partial charge in [-0.2, -0.15) is 4.98 Å². The molecule has 0 radical (unpaired) electrons. The van der Waals surface area contributed by atoms with E-state index in [1.165, 1.54) is 64.2 Å². The number of hydrogen-bond donors (Lipinski definition) is 2. The van der Waals surface area contributed by atoms with E-state index in [1.54, 1.807) is 29.6 Å². The number of aromatic hydroxyl groups is 1. The Balaban J connectivity index is 2.18. The first-order valence-corrected chi connectivity index (χ1v) is 15.9. The number of nitrogen functional groups attached to an aromatic ring is 1. The van der Waals surface area contributed by atoms with Crippen molar-refractivity contribution in [2.24, 2.45) is 0 Å². The molecule has 0 saturated heterocycles. The van der Waals surface area contributed by atoms with Crippen LogP contribution in [0.5, 0.6) is 5.75 Å². The summed E-state index contributed by atoms with van der Waals surface area (Å²) in [7, 11) is 0. The molecule has 7 heteroatoms. The lowest BCUT2D eigenvalue weighted by Crippen LogP contribution is -2.12. The Bertz CT molecular complexity index is 879. The van der Waals surface area contributed by atoms with Gasteiger partial charge in [0.05, 0.1) is 5.56 Å². The molecule has 1 aromatic heterocycles. The van der Waals surface area contributed by atoms with E-state index in [0.29, 0.717) is 17.1 Å². The van der Waals surface area contributed by atoms with Crippen molar-refractivity contribution in [1.82, 2.24) is 15.0 Å². The molecule has 3 N–H and O–H groups in total. The highest BCUT2D eigenvalue weighted by atomic mass is 32.2. The van der Waals surface area contributed by atoms with Crippen LogP contribution in [0.1, 0.15) is 117 Å². The second-order valence-corrected chi connectivity index (χ2v) is 12.8. The number of anilines is 1. The Morgan fingerprint density at radius 2 is 1.19 bits per heavy atom. The van der Waals surface area contributed by atoms with E-state index in [2.05, 4.69) is 34.6 Å². The Morgan fingerprint density at radius 3 is 1.67 bits per heavy atom. The molecule has 5 nitrogen and oxygen atoms in total. The van der Waals surface area contributed by atoms with Crippen molar-refractivity contribution in [1.29, 1.82) is 0 Å². The normalized spacial score (nSPS) is 11.8. The van der Waals surface area contributed by atoms with Gasteiger partial charge in [-0.3, -0.25) is 0 Å². The number of nitrogens with zero attached hydrogens (tertiary/aromatic N) is 3. The van der Waals surface area contributed by atoms with Gasteiger partial charge >= 0.3 is 0 Å². The molecular formula is C29H48N4OS2. The maximum absolute atomic E-state index is 11.1. The lowest BCUT2D eigenvalue weighted by atomic mass is 9.84. The van der Waals surface area contributed by atoms with Gasteiger partial charge < -0.3 is 10.8 Å². The monoisotopic (exact) mass is 532 g/mol. The Kier molecular flexibility index (Phi) is 14.0. The third-order valence-electron chi connectivity index (χ3n) is 6.23. The SMILES string of the molecule is CCCCCCCCSc1nc(SCCCCCCCC)nc(-c2cc(N)cc(C(C)(C)C)c2O)n1. The summed E-state index contributed by atoms with van der Waals surface area (Å²) in [6.07, 6.45) is 15.2. The van der Waals surface area contributed by atoms with Gasteiger partial charge in [0.15, 0.2) is 16.1 Å². The molecule has 0 amide bonds. The molecule has 0 atom stereocenters. The maximum atomic E-state index is 11.1. The van der Waals surface area contributed by atoms with E-state index in [4.69, 9.17) is 20.7 Å². The zero-order valence-electron chi connectivity index (χ0n) is 23.2. The van der Waals surface area contributed by atoms with Crippen molar-refractivity contribution < 1.29 is 5.11 Å². The molecule has 0 aliphatic rings. The smallest absolute Gasteiger partial charge is 0.192 e. The molecule has 0 aliphatic carbocycles. The number of hydrogen-bond acceptors (Lipinski definition) is 7. The minimum Gasteiger partial charge on any atom is -0.507 e. The zero-order chi connectivity index (χ0) is 26.4. The number of benzene rings is 1. The lowest BCUT2D eigenvalue weighted by Gasteiger charge is -2.22. The summed E-state index contributed by atoms with van der Waals surface area (Å²) >= 11 is 3.38. The fourth-order valence-electron chi connectivity index (χ4n) is 4.08. The van der Waals surface area contributed by atoms with Gasteiger partial charge in [0, 0.05) is 22.8 Å². The van der Waals surface area contributed by atoms with E-state index in [-0.39, 0.29) is 11.2 Å². The van der Waals surface area contributed by atoms with Crippen LogP contribution in [0.15, 0.2) is 22.4 Å². The van der Waals surface area contributed by atoms with Crippen molar-refractivity contribution in [2.75, 3.05) is 17.2 Å². The molecule has 0 aliphatic heterocycles. The summed E-state index contributed by atoms with van der Waals surface area (Å²) in [5.74, 6) is 2.71. The topological polar surface area (TPSA) is 84.9 Å². The molecule has 202 valence electrons. The standard InChI is InChI=1S/C29H48N4OS2/c1-6-8-10-12-14-16-18-35-27-31-26(23-20-22(30)21-24(25(23)34)29(3,4)5)32-28(33-27)36-19-17-15-13-11-9-7-2/h20-21,34H,6-19,30H2,1-5H3. The minimum absolute atomic E-state index is 0.210. The van der Waals surface area contributed by atoms with Crippen LogP contribution in [0.25, 0.3) is 11.4 Å². The van der Waals surface area contributed by atoms with Gasteiger partial charge in [-0.1, -0.05) is 122 Å². The highest BCUT2D eigenvalue weighted by molar-refractivity contribution is 7.99. The van der Waals surface area contributed by atoms with Crippen LogP contribution in [-0.2, 0) is 5.41 Å². The molecule has 1 heterocycles. The Hall–Kier alpha value is -1.47. The van der Waals surface area contributed by atoms with Gasteiger partial charge in [-0.25, -0.2) is 9.97 Å². The molecule has 0 spiro atoms. The number of rotatable bonds is 17. The fraction of sp³-hybridized carbons (Fsp3) is 0.690. The average Bonchev–Trinajstić information content (AvgIpc) is 2.83. The van der Waals surface area contributed by atoms with Crippen LogP contribution >= 0.6 is 23.5 Å². The van der Waals surface area contributed by atoms with Crippen molar-refractivity contribution in [3.05, 3.63) is 17.7 Å². The fourth-order valence-corrected chi connectivity index (χ4v) is 5.80. The van der Waals surface area contributed by atoms with Crippen molar-refractivity contribution >= 4 is 29.2 Å². The highest BCUT2D eigenvalue weighted by Gasteiger charge is 2.23. The molecule has 0 saturated carbocycles. The third-order valence-corrected chi connectivity index (χ3v) is 8.10. The average molecular weight is 533 g/mol. The minimum atomic E-state index is -0.244. The second kappa shape index (κ2) is 16.4. The van der Waals surface area contributed by atoms with Crippen LogP contribution in [0.4, 0.5) is 5.69 Å². The van der Waals surface area contributed by atoms with Crippen LogP contribution in [0.3, 0.4) is 0 Å². The van der Waals surface area contributed by atoms with Gasteiger partial charge in [-0.05, 0) is 30.4 Å². The summed E-state index contributed by atoms with van der Waals surface area (Å²) in [5, 5.41) is 12.6. The Morgan fingerprint density at radius 1 is 0.722 bits per heavy atom. The third kappa shape index (κ3) is 10.9. The van der Waals surface area contributed by atoms with E-state index in [9.17, 15) is 5.11 Å². The van der Waals surface area contributed by atoms with Crippen LogP contribution in [0.2, 0.25) is 0 Å². The van der Waals surface area contributed by atoms with Gasteiger partial charge in [-0.15, -0.1) is 0 Å². The number of unbranched alkanes of at least 4 members (excludes halogenated alkanes) is 10. The van der Waals surface area contributed by atoms with Crippen molar-refractivity contribution in [2.45, 2.75) is 127 Å². The number of nitrogens with two attached hydrogens (primary N) is 1. The molecule has 0 fully saturated rings. The highest BCUT2D eigenvalue weighted by Crippen LogP contribution is 2.40. The first kappa shape index (κ1) is 30.8. The van der Waals surface area contributed by atoms with Gasteiger partial charge in [0.2, 0.25) is 0 Å². The van der Waals surface area contributed by atoms with E-state index >= 15 is 0 Å². The van der Waals surface area contributed by atoms with Crippen LogP contribution in [-0.4, -0.2) is 31.6 Å². The van der Waals surface area contributed by atoms with E-state index < -0.39 is 0 Å². The number of phenols is 1. The van der Waals surface area contributed by atoms with Crippen LogP contribution in [0, 0.1) is 0 Å². The summed E-state index contributed by atoms with van der Waals surface area (Å²) in [6.45, 7) is 10.7. The summed E-state index contributed by atoms with van der Waals surface area (Å²) < 4.78 is 0.